The van der Waals surface area contributed by atoms with Gasteiger partial charge in [0.2, 0.25) is 0 Å². The Labute approximate surface area is 147 Å². The lowest BCUT2D eigenvalue weighted by atomic mass is 9.87. The minimum Gasteiger partial charge on any atom is -0.383 e. The van der Waals surface area contributed by atoms with Gasteiger partial charge in [-0.1, -0.05) is 64.0 Å². The second-order valence-electron chi connectivity index (χ2n) is 6.19. The monoisotopic (exact) mass is 373 g/mol. The van der Waals surface area contributed by atoms with Crippen molar-refractivity contribution in [1.29, 1.82) is 0 Å². The van der Waals surface area contributed by atoms with E-state index in [1.807, 2.05) is 49.4 Å². The molecule has 2 aromatic rings. The van der Waals surface area contributed by atoms with E-state index in [0.29, 0.717) is 13.0 Å². The average molecular weight is 374 g/mol. The third-order valence-electron chi connectivity index (χ3n) is 3.98. The van der Waals surface area contributed by atoms with Crippen LogP contribution < -0.4 is 5.32 Å². The number of benzene rings is 2. The molecule has 0 spiro atoms. The Bertz CT molecular complexity index is 638. The van der Waals surface area contributed by atoms with Gasteiger partial charge in [0.25, 0.3) is 0 Å². The molecule has 0 bridgehead atoms. The third kappa shape index (κ3) is 5.03. The Balaban J connectivity index is 2.12. The van der Waals surface area contributed by atoms with Gasteiger partial charge in [0.1, 0.15) is 5.60 Å². The van der Waals surface area contributed by atoms with Crippen molar-refractivity contribution >= 4 is 15.9 Å². The van der Waals surface area contributed by atoms with Gasteiger partial charge in [-0.3, -0.25) is 0 Å². The van der Waals surface area contributed by atoms with Gasteiger partial charge in [-0.05, 0) is 37.1 Å². The van der Waals surface area contributed by atoms with Gasteiger partial charge in [-0.25, -0.2) is 0 Å². The van der Waals surface area contributed by atoms with Gasteiger partial charge in [0.05, 0.1) is 0 Å². The second kappa shape index (κ2) is 7.91. The highest BCUT2D eigenvalue weighted by molar-refractivity contribution is 9.10. The molecule has 2 unspecified atom stereocenters. The molecule has 23 heavy (non-hydrogen) atoms. The lowest BCUT2D eigenvalue weighted by molar-refractivity contribution is 0.0347. The number of nitrogens with one attached hydrogen (secondary N) is 1. The summed E-state index contributed by atoms with van der Waals surface area (Å²) >= 11 is 3.45. The first-order chi connectivity index (χ1) is 10.9. The van der Waals surface area contributed by atoms with Crippen LogP contribution in [0.1, 0.15) is 37.4 Å². The second-order valence-corrected chi connectivity index (χ2v) is 7.10. The van der Waals surface area contributed by atoms with E-state index in [4.69, 9.17) is 0 Å². The van der Waals surface area contributed by atoms with Crippen molar-refractivity contribution in [1.82, 2.24) is 5.32 Å². The maximum atomic E-state index is 11.2. The fourth-order valence-electron chi connectivity index (χ4n) is 2.71. The van der Waals surface area contributed by atoms with Crippen molar-refractivity contribution in [3.05, 3.63) is 82.3 Å². The number of hydrogen-bond acceptors (Lipinski definition) is 2. The molecule has 0 heterocycles. The van der Waals surface area contributed by atoms with E-state index in [2.05, 4.69) is 46.9 Å². The van der Waals surface area contributed by atoms with E-state index < -0.39 is 5.60 Å². The predicted octanol–water partition coefficient (Wildman–Crippen LogP) is 4.95. The molecule has 0 aromatic heterocycles. The molecule has 0 aliphatic carbocycles. The SMILES string of the molecule is C=C(C)CC(O)(CNC(C)c1ccc(Br)cc1)c1ccccc1. The maximum Gasteiger partial charge on any atom is 0.106 e. The molecule has 0 radical (unpaired) electrons. The fourth-order valence-corrected chi connectivity index (χ4v) is 2.97. The normalized spacial score (nSPS) is 15.0. The van der Waals surface area contributed by atoms with E-state index in [1.165, 1.54) is 5.56 Å². The Morgan fingerprint density at radius 1 is 1.17 bits per heavy atom. The van der Waals surface area contributed by atoms with E-state index in [0.717, 1.165) is 15.6 Å². The Morgan fingerprint density at radius 2 is 1.78 bits per heavy atom. The first-order valence-electron chi connectivity index (χ1n) is 7.82. The minimum atomic E-state index is -0.948. The molecule has 122 valence electrons. The van der Waals surface area contributed by atoms with Gasteiger partial charge < -0.3 is 10.4 Å². The molecule has 0 saturated carbocycles. The maximum absolute atomic E-state index is 11.2. The molecule has 0 saturated heterocycles. The van der Waals surface area contributed by atoms with Crippen LogP contribution in [-0.2, 0) is 5.60 Å². The topological polar surface area (TPSA) is 32.3 Å². The van der Waals surface area contributed by atoms with E-state index in [9.17, 15) is 5.11 Å². The van der Waals surface area contributed by atoms with E-state index in [1.54, 1.807) is 0 Å². The zero-order valence-electron chi connectivity index (χ0n) is 13.7. The standard InChI is InChI=1S/C20H24BrNO/c1-15(2)13-20(23,18-7-5-4-6-8-18)14-22-16(3)17-9-11-19(21)12-10-17/h4-12,16,22-23H,1,13-14H2,2-3H3. The van der Waals surface area contributed by atoms with Gasteiger partial charge in [0, 0.05) is 23.5 Å². The predicted molar refractivity (Wildman–Crippen MR) is 100 cm³/mol. The number of rotatable bonds is 7. The summed E-state index contributed by atoms with van der Waals surface area (Å²) in [4.78, 5) is 0. The van der Waals surface area contributed by atoms with Gasteiger partial charge in [0.15, 0.2) is 0 Å². The summed E-state index contributed by atoms with van der Waals surface area (Å²) in [6, 6.07) is 18.2. The van der Waals surface area contributed by atoms with Gasteiger partial charge >= 0.3 is 0 Å². The fraction of sp³-hybridized carbons (Fsp3) is 0.300. The summed E-state index contributed by atoms with van der Waals surface area (Å²) in [6.45, 7) is 8.50. The molecule has 3 heteroatoms. The summed E-state index contributed by atoms with van der Waals surface area (Å²) in [5, 5.41) is 14.6. The molecule has 2 nitrogen and oxygen atoms in total. The molecular weight excluding hydrogens is 350 g/mol. The lowest BCUT2D eigenvalue weighted by Crippen LogP contribution is -2.39. The number of hydrogen-bond donors (Lipinski definition) is 2. The molecular formula is C20H24BrNO. The molecule has 2 atom stereocenters. The lowest BCUT2D eigenvalue weighted by Gasteiger charge is -2.31. The molecule has 0 fully saturated rings. The van der Waals surface area contributed by atoms with Crippen molar-refractivity contribution in [3.63, 3.8) is 0 Å². The summed E-state index contributed by atoms with van der Waals surface area (Å²) < 4.78 is 1.07. The quantitative estimate of drug-likeness (QED) is 0.672. The summed E-state index contributed by atoms with van der Waals surface area (Å²) in [5.41, 5.74) is 2.13. The molecule has 2 aromatic carbocycles. The van der Waals surface area contributed by atoms with E-state index in [-0.39, 0.29) is 6.04 Å². The van der Waals surface area contributed by atoms with Crippen molar-refractivity contribution in [2.24, 2.45) is 0 Å². The van der Waals surface area contributed by atoms with Gasteiger partial charge in [-0.15, -0.1) is 6.58 Å². The van der Waals surface area contributed by atoms with Crippen molar-refractivity contribution in [2.45, 2.75) is 31.9 Å². The highest BCUT2D eigenvalue weighted by Gasteiger charge is 2.29. The zero-order chi connectivity index (χ0) is 16.9. The Kier molecular flexibility index (Phi) is 6.17. The van der Waals surface area contributed by atoms with Crippen LogP contribution in [0.15, 0.2) is 71.2 Å². The highest BCUT2D eigenvalue weighted by atomic mass is 79.9. The zero-order valence-corrected chi connectivity index (χ0v) is 15.3. The van der Waals surface area contributed by atoms with Crippen LogP contribution in [0.25, 0.3) is 0 Å². The van der Waals surface area contributed by atoms with Crippen LogP contribution in [0.2, 0.25) is 0 Å². The largest absolute Gasteiger partial charge is 0.383 e. The van der Waals surface area contributed by atoms with Crippen molar-refractivity contribution in [3.8, 4) is 0 Å². The van der Waals surface area contributed by atoms with Crippen LogP contribution in [0.3, 0.4) is 0 Å². The van der Waals surface area contributed by atoms with Crippen LogP contribution in [0.5, 0.6) is 0 Å². The molecule has 2 N–H and O–H groups in total. The van der Waals surface area contributed by atoms with Crippen LogP contribution in [0, 0.1) is 0 Å². The van der Waals surface area contributed by atoms with Crippen molar-refractivity contribution in [2.75, 3.05) is 6.54 Å². The van der Waals surface area contributed by atoms with Gasteiger partial charge in [-0.2, -0.15) is 0 Å². The number of halogens is 1. The first-order valence-corrected chi connectivity index (χ1v) is 8.61. The highest BCUT2D eigenvalue weighted by Crippen LogP contribution is 2.28. The van der Waals surface area contributed by atoms with Crippen LogP contribution in [-0.4, -0.2) is 11.7 Å². The summed E-state index contributed by atoms with van der Waals surface area (Å²) in [6.07, 6.45) is 0.539. The Morgan fingerprint density at radius 3 is 2.35 bits per heavy atom. The van der Waals surface area contributed by atoms with Crippen molar-refractivity contribution < 1.29 is 5.11 Å². The summed E-state index contributed by atoms with van der Waals surface area (Å²) in [5.74, 6) is 0. The smallest absolute Gasteiger partial charge is 0.106 e. The Hall–Kier alpha value is -1.42. The number of aliphatic hydroxyl groups is 1. The molecule has 0 aliphatic rings. The third-order valence-corrected chi connectivity index (χ3v) is 4.50. The van der Waals surface area contributed by atoms with Crippen LogP contribution >= 0.6 is 15.9 Å². The van der Waals surface area contributed by atoms with E-state index >= 15 is 0 Å². The minimum absolute atomic E-state index is 0.156. The average Bonchev–Trinajstić information content (AvgIpc) is 2.53. The molecule has 0 amide bonds. The molecule has 2 rings (SSSR count). The molecule has 0 aliphatic heterocycles. The first kappa shape index (κ1) is 17.9. The van der Waals surface area contributed by atoms with Crippen LogP contribution in [0.4, 0.5) is 0 Å². The summed E-state index contributed by atoms with van der Waals surface area (Å²) in [7, 11) is 0.